The second-order valence-corrected chi connectivity index (χ2v) is 2.31. The first-order chi connectivity index (χ1) is 5.79. The van der Waals surface area contributed by atoms with Gasteiger partial charge in [-0.2, -0.15) is 0 Å². The average Bonchev–Trinajstić information content (AvgIpc) is 2.05. The van der Waals surface area contributed by atoms with Gasteiger partial charge in [0, 0.05) is 0 Å². The Morgan fingerprint density at radius 2 is 2.25 bits per heavy atom. The van der Waals surface area contributed by atoms with Gasteiger partial charge in [-0.05, 0) is 19.1 Å². The van der Waals surface area contributed by atoms with Crippen LogP contribution in [0.15, 0.2) is 18.2 Å². The summed E-state index contributed by atoms with van der Waals surface area (Å²) in [5.41, 5.74) is 0.222. The molecule has 1 aromatic rings. The highest BCUT2D eigenvalue weighted by Gasteiger charge is 2.06. The molecule has 0 aromatic heterocycles. The van der Waals surface area contributed by atoms with Gasteiger partial charge in [-0.1, -0.05) is 6.07 Å². The lowest BCUT2D eigenvalue weighted by Gasteiger charge is -2.07. The van der Waals surface area contributed by atoms with Crippen LogP contribution in [0.5, 0.6) is 5.75 Å². The van der Waals surface area contributed by atoms with Crippen molar-refractivity contribution in [2.24, 2.45) is 0 Å². The van der Waals surface area contributed by atoms with Crippen molar-refractivity contribution in [1.82, 2.24) is 0 Å². The number of aliphatic hydroxyl groups excluding tert-OH is 1. The summed E-state index contributed by atoms with van der Waals surface area (Å²) in [7, 11) is 0. The number of ether oxygens (including phenoxy) is 1. The summed E-state index contributed by atoms with van der Waals surface area (Å²) in [6.45, 7) is 1.95. The van der Waals surface area contributed by atoms with E-state index in [0.717, 1.165) is 0 Å². The summed E-state index contributed by atoms with van der Waals surface area (Å²) >= 11 is 0. The molecule has 0 fully saturated rings. The van der Waals surface area contributed by atoms with Crippen molar-refractivity contribution in [1.29, 1.82) is 0 Å². The van der Waals surface area contributed by atoms with Gasteiger partial charge in [0.1, 0.15) is 11.6 Å². The first kappa shape index (κ1) is 9.00. The summed E-state index contributed by atoms with van der Waals surface area (Å²) in [6.07, 6.45) is 0. The number of rotatable bonds is 3. The summed E-state index contributed by atoms with van der Waals surface area (Å²) in [4.78, 5) is 0. The van der Waals surface area contributed by atoms with Crippen LogP contribution in [0.3, 0.4) is 0 Å². The molecule has 3 heteroatoms. The van der Waals surface area contributed by atoms with Crippen LogP contribution in [-0.4, -0.2) is 11.7 Å². The Labute approximate surface area is 70.6 Å². The third-order valence-electron chi connectivity index (χ3n) is 1.53. The molecule has 0 saturated heterocycles. The van der Waals surface area contributed by atoms with Crippen LogP contribution < -0.4 is 4.74 Å². The van der Waals surface area contributed by atoms with Crippen LogP contribution >= 0.6 is 0 Å². The van der Waals surface area contributed by atoms with Gasteiger partial charge < -0.3 is 9.84 Å². The fourth-order valence-electron chi connectivity index (χ4n) is 0.983. The van der Waals surface area contributed by atoms with Gasteiger partial charge in [-0.3, -0.25) is 0 Å². The summed E-state index contributed by atoms with van der Waals surface area (Å²) < 4.78 is 18.0. The summed E-state index contributed by atoms with van der Waals surface area (Å²) in [5, 5.41) is 8.81. The summed E-state index contributed by atoms with van der Waals surface area (Å²) in [6, 6.07) is 4.49. The van der Waals surface area contributed by atoms with Crippen molar-refractivity contribution in [3.05, 3.63) is 29.6 Å². The molecule has 0 aliphatic rings. The van der Waals surface area contributed by atoms with Crippen molar-refractivity contribution >= 4 is 0 Å². The topological polar surface area (TPSA) is 29.5 Å². The van der Waals surface area contributed by atoms with Crippen LogP contribution in [-0.2, 0) is 6.61 Å². The van der Waals surface area contributed by atoms with Crippen LogP contribution in [0.25, 0.3) is 0 Å². The molecule has 0 atom stereocenters. The highest BCUT2D eigenvalue weighted by Crippen LogP contribution is 2.20. The van der Waals surface area contributed by atoms with Crippen molar-refractivity contribution < 1.29 is 14.2 Å². The molecule has 0 heterocycles. The van der Waals surface area contributed by atoms with Gasteiger partial charge in [0.2, 0.25) is 0 Å². The van der Waals surface area contributed by atoms with Crippen molar-refractivity contribution in [3.63, 3.8) is 0 Å². The molecule has 1 aromatic carbocycles. The molecule has 0 bridgehead atoms. The normalized spacial score (nSPS) is 9.92. The van der Waals surface area contributed by atoms with Crippen molar-refractivity contribution in [2.75, 3.05) is 6.61 Å². The molecule has 0 aliphatic carbocycles. The average molecular weight is 170 g/mol. The molecule has 0 amide bonds. The van der Waals surface area contributed by atoms with Gasteiger partial charge in [0.05, 0.1) is 18.8 Å². The Bertz CT molecular complexity index is 261. The Balaban J connectivity index is 3.00. The van der Waals surface area contributed by atoms with Gasteiger partial charge in [0.25, 0.3) is 0 Å². The fourth-order valence-corrected chi connectivity index (χ4v) is 0.983. The zero-order chi connectivity index (χ0) is 8.97. The van der Waals surface area contributed by atoms with E-state index >= 15 is 0 Å². The van der Waals surface area contributed by atoms with Gasteiger partial charge in [-0.15, -0.1) is 0 Å². The summed E-state index contributed by atoms with van der Waals surface area (Å²) in [5.74, 6) is -0.0107. The molecule has 0 unspecified atom stereocenters. The predicted octanol–water partition coefficient (Wildman–Crippen LogP) is 1.72. The zero-order valence-electron chi connectivity index (χ0n) is 6.88. The lowest BCUT2D eigenvalue weighted by Crippen LogP contribution is -1.98. The Kier molecular flexibility index (Phi) is 3.05. The van der Waals surface area contributed by atoms with E-state index in [-0.39, 0.29) is 12.2 Å². The third-order valence-corrected chi connectivity index (χ3v) is 1.53. The Morgan fingerprint density at radius 3 is 2.83 bits per heavy atom. The maximum Gasteiger partial charge on any atom is 0.132 e. The Morgan fingerprint density at radius 1 is 1.50 bits per heavy atom. The van der Waals surface area contributed by atoms with Gasteiger partial charge >= 0.3 is 0 Å². The van der Waals surface area contributed by atoms with Crippen LogP contribution in [0.1, 0.15) is 12.5 Å². The van der Waals surface area contributed by atoms with E-state index < -0.39 is 5.82 Å². The van der Waals surface area contributed by atoms with Gasteiger partial charge in [-0.25, -0.2) is 4.39 Å². The van der Waals surface area contributed by atoms with Crippen LogP contribution in [0.2, 0.25) is 0 Å². The Hall–Kier alpha value is -1.09. The quantitative estimate of drug-likeness (QED) is 0.748. The van der Waals surface area contributed by atoms with E-state index in [1.807, 2.05) is 6.92 Å². The molecular weight excluding hydrogens is 159 g/mol. The van der Waals surface area contributed by atoms with Crippen molar-refractivity contribution in [3.8, 4) is 5.75 Å². The monoisotopic (exact) mass is 170 g/mol. The van der Waals surface area contributed by atoms with Crippen LogP contribution in [0, 0.1) is 5.82 Å². The SMILES string of the molecule is CCOc1cccc(F)c1CO. The number of benzene rings is 1. The molecule has 66 valence electrons. The predicted molar refractivity (Wildman–Crippen MR) is 43.5 cm³/mol. The van der Waals surface area contributed by atoms with E-state index in [9.17, 15) is 4.39 Å². The molecule has 0 aliphatic heterocycles. The van der Waals surface area contributed by atoms with Crippen molar-refractivity contribution in [2.45, 2.75) is 13.5 Å². The minimum atomic E-state index is -0.427. The largest absolute Gasteiger partial charge is 0.493 e. The highest BCUT2D eigenvalue weighted by molar-refractivity contribution is 5.33. The van der Waals surface area contributed by atoms with E-state index in [4.69, 9.17) is 9.84 Å². The zero-order valence-corrected chi connectivity index (χ0v) is 6.88. The molecule has 1 N–H and O–H groups in total. The maximum absolute atomic E-state index is 12.9. The molecule has 0 spiro atoms. The number of hydrogen-bond acceptors (Lipinski definition) is 2. The van der Waals surface area contributed by atoms with E-state index in [1.165, 1.54) is 6.07 Å². The smallest absolute Gasteiger partial charge is 0.132 e. The molecule has 2 nitrogen and oxygen atoms in total. The minimum Gasteiger partial charge on any atom is -0.493 e. The molecule has 1 rings (SSSR count). The van der Waals surface area contributed by atoms with E-state index in [2.05, 4.69) is 0 Å². The first-order valence-corrected chi connectivity index (χ1v) is 3.80. The number of halogens is 1. The molecule has 0 saturated carbocycles. The van der Waals surface area contributed by atoms with E-state index in [1.54, 1.807) is 12.1 Å². The lowest BCUT2D eigenvalue weighted by molar-refractivity contribution is 0.260. The highest BCUT2D eigenvalue weighted by atomic mass is 19.1. The molecule has 0 radical (unpaired) electrons. The molecular formula is C9H11FO2. The van der Waals surface area contributed by atoms with Crippen LogP contribution in [0.4, 0.5) is 4.39 Å². The number of hydrogen-bond donors (Lipinski definition) is 1. The standard InChI is InChI=1S/C9H11FO2/c1-2-12-9-5-3-4-8(10)7(9)6-11/h3-5,11H,2,6H2,1H3. The molecule has 12 heavy (non-hydrogen) atoms. The van der Waals surface area contributed by atoms with Gasteiger partial charge in [0.15, 0.2) is 0 Å². The second-order valence-electron chi connectivity index (χ2n) is 2.31. The lowest BCUT2D eigenvalue weighted by atomic mass is 10.2. The maximum atomic E-state index is 12.9. The number of aliphatic hydroxyl groups is 1. The van der Waals surface area contributed by atoms with E-state index in [0.29, 0.717) is 12.4 Å². The second kappa shape index (κ2) is 4.07. The fraction of sp³-hybridized carbons (Fsp3) is 0.333. The minimum absolute atomic E-state index is 0.222. The third kappa shape index (κ3) is 1.74. The first-order valence-electron chi connectivity index (χ1n) is 3.80.